The van der Waals surface area contributed by atoms with Gasteiger partial charge in [0, 0.05) is 35.2 Å². The lowest BCUT2D eigenvalue weighted by Crippen LogP contribution is -2.21. The molecule has 7 heteroatoms. The van der Waals surface area contributed by atoms with Crippen molar-refractivity contribution in [1.82, 2.24) is 9.97 Å². The van der Waals surface area contributed by atoms with Gasteiger partial charge in [-0.15, -0.1) is 0 Å². The molecule has 2 aromatic heterocycles. The summed E-state index contributed by atoms with van der Waals surface area (Å²) < 4.78 is 39.7. The summed E-state index contributed by atoms with van der Waals surface area (Å²) in [6.45, 7) is 0. The van der Waals surface area contributed by atoms with E-state index in [2.05, 4.69) is 9.97 Å². The van der Waals surface area contributed by atoms with Crippen molar-refractivity contribution >= 4 is 28.2 Å². The minimum Gasteiger partial charge on any atom is -0.280 e. The lowest BCUT2D eigenvalue weighted by Gasteiger charge is -2.21. The summed E-state index contributed by atoms with van der Waals surface area (Å²) in [6, 6.07) is 14.2. The predicted molar refractivity (Wildman–Crippen MR) is 107 cm³/mol. The minimum absolute atomic E-state index is 0.0913. The quantitative estimate of drug-likeness (QED) is 0.440. The number of pyridine rings is 2. The van der Waals surface area contributed by atoms with Gasteiger partial charge >= 0.3 is 6.18 Å². The van der Waals surface area contributed by atoms with Gasteiger partial charge in [-0.1, -0.05) is 12.1 Å². The molecule has 148 valence electrons. The SMILES string of the molecule is O=C1Cc2cnc3ccc(-c4ccncc4)cc3c2N1c1cccc(C(F)(F)F)c1. The second-order valence-corrected chi connectivity index (χ2v) is 7.05. The fourth-order valence-corrected chi connectivity index (χ4v) is 3.80. The van der Waals surface area contributed by atoms with Crippen LogP contribution in [0.25, 0.3) is 22.0 Å². The van der Waals surface area contributed by atoms with Gasteiger partial charge in [-0.25, -0.2) is 0 Å². The van der Waals surface area contributed by atoms with E-state index in [9.17, 15) is 18.0 Å². The van der Waals surface area contributed by atoms with Crippen molar-refractivity contribution in [2.75, 3.05) is 4.90 Å². The molecule has 0 saturated carbocycles. The normalized spacial score (nSPS) is 13.7. The Morgan fingerprint density at radius 1 is 0.933 bits per heavy atom. The summed E-state index contributed by atoms with van der Waals surface area (Å²) in [7, 11) is 0. The number of hydrogen-bond donors (Lipinski definition) is 0. The van der Waals surface area contributed by atoms with E-state index in [4.69, 9.17) is 0 Å². The Bertz CT molecular complexity index is 1290. The summed E-state index contributed by atoms with van der Waals surface area (Å²) in [5.41, 5.74) is 3.19. The highest BCUT2D eigenvalue weighted by Crippen LogP contribution is 2.42. The van der Waals surface area contributed by atoms with Gasteiger partial charge < -0.3 is 0 Å². The first-order valence-corrected chi connectivity index (χ1v) is 9.24. The van der Waals surface area contributed by atoms with E-state index in [0.29, 0.717) is 22.2 Å². The topological polar surface area (TPSA) is 46.1 Å². The molecule has 0 unspecified atom stereocenters. The molecule has 1 aliphatic heterocycles. The van der Waals surface area contributed by atoms with Gasteiger partial charge in [0.05, 0.1) is 23.2 Å². The van der Waals surface area contributed by atoms with Crippen LogP contribution in [0.2, 0.25) is 0 Å². The predicted octanol–water partition coefficient (Wildman–Crippen LogP) is 5.54. The number of nitrogens with zero attached hydrogens (tertiary/aromatic N) is 3. The van der Waals surface area contributed by atoms with Crippen molar-refractivity contribution in [3.05, 3.63) is 84.3 Å². The second kappa shape index (κ2) is 6.66. The Morgan fingerprint density at radius 3 is 2.50 bits per heavy atom. The number of halogens is 3. The number of carbonyl (C=O) groups excluding carboxylic acids is 1. The Labute approximate surface area is 169 Å². The van der Waals surface area contributed by atoms with E-state index in [1.165, 1.54) is 17.0 Å². The number of rotatable bonds is 2. The van der Waals surface area contributed by atoms with Crippen LogP contribution in [-0.4, -0.2) is 15.9 Å². The van der Waals surface area contributed by atoms with Crippen LogP contribution in [0.15, 0.2) is 73.2 Å². The van der Waals surface area contributed by atoms with Crippen LogP contribution in [0.1, 0.15) is 11.1 Å². The Morgan fingerprint density at radius 2 is 1.73 bits per heavy atom. The van der Waals surface area contributed by atoms with Crippen LogP contribution in [0.3, 0.4) is 0 Å². The van der Waals surface area contributed by atoms with Crippen molar-refractivity contribution in [2.24, 2.45) is 0 Å². The summed E-state index contributed by atoms with van der Waals surface area (Å²) in [4.78, 5) is 22.6. The Balaban J connectivity index is 1.71. The third kappa shape index (κ3) is 2.99. The van der Waals surface area contributed by atoms with Gasteiger partial charge in [-0.3, -0.25) is 19.7 Å². The molecule has 30 heavy (non-hydrogen) atoms. The van der Waals surface area contributed by atoms with Gasteiger partial charge in [0.25, 0.3) is 0 Å². The first-order chi connectivity index (χ1) is 14.4. The van der Waals surface area contributed by atoms with Crippen LogP contribution >= 0.6 is 0 Å². The molecule has 3 heterocycles. The highest BCUT2D eigenvalue weighted by Gasteiger charge is 2.34. The van der Waals surface area contributed by atoms with Crippen LogP contribution < -0.4 is 4.90 Å². The van der Waals surface area contributed by atoms with Crippen LogP contribution in [0, 0.1) is 0 Å². The molecule has 0 bridgehead atoms. The maximum atomic E-state index is 13.2. The molecule has 0 aliphatic carbocycles. The molecule has 0 fully saturated rings. The summed E-state index contributed by atoms with van der Waals surface area (Å²) >= 11 is 0. The standard InChI is InChI=1S/C23H14F3N3O/c24-23(25,26)17-2-1-3-18(12-17)29-21(30)11-16-13-28-20-5-4-15(10-19(20)22(16)29)14-6-8-27-9-7-14/h1-10,12-13H,11H2. The number of fused-ring (bicyclic) bond motifs is 3. The Hall–Kier alpha value is -3.74. The smallest absolute Gasteiger partial charge is 0.280 e. The lowest BCUT2D eigenvalue weighted by molar-refractivity contribution is -0.137. The second-order valence-electron chi connectivity index (χ2n) is 7.05. The molecule has 0 N–H and O–H groups in total. The average molecular weight is 405 g/mol. The van der Waals surface area contributed by atoms with Crippen molar-refractivity contribution in [2.45, 2.75) is 12.6 Å². The maximum Gasteiger partial charge on any atom is 0.416 e. The van der Waals surface area contributed by atoms with Crippen molar-refractivity contribution in [3.8, 4) is 11.1 Å². The van der Waals surface area contributed by atoms with Gasteiger partial charge in [0.2, 0.25) is 5.91 Å². The van der Waals surface area contributed by atoms with Gasteiger partial charge in [0.1, 0.15) is 0 Å². The maximum absolute atomic E-state index is 13.2. The largest absolute Gasteiger partial charge is 0.416 e. The zero-order valence-electron chi connectivity index (χ0n) is 15.5. The summed E-state index contributed by atoms with van der Waals surface area (Å²) in [5.74, 6) is -0.284. The number of aromatic nitrogens is 2. The molecule has 5 rings (SSSR count). The Kier molecular flexibility index (Phi) is 4.06. The fourth-order valence-electron chi connectivity index (χ4n) is 3.80. The van der Waals surface area contributed by atoms with Crippen molar-refractivity contribution in [1.29, 1.82) is 0 Å². The van der Waals surface area contributed by atoms with Crippen LogP contribution in [0.4, 0.5) is 24.5 Å². The van der Waals surface area contributed by atoms with E-state index < -0.39 is 11.7 Å². The first kappa shape index (κ1) is 18.3. The molecule has 0 spiro atoms. The lowest BCUT2D eigenvalue weighted by atomic mass is 10.0. The van der Waals surface area contributed by atoms with Gasteiger partial charge in [0.15, 0.2) is 0 Å². The van der Waals surface area contributed by atoms with Gasteiger partial charge in [-0.05, 0) is 53.6 Å². The number of amides is 1. The van der Waals surface area contributed by atoms with E-state index >= 15 is 0 Å². The third-order valence-electron chi connectivity index (χ3n) is 5.18. The summed E-state index contributed by atoms with van der Waals surface area (Å²) in [6.07, 6.45) is 0.594. The molecular weight excluding hydrogens is 391 g/mol. The monoisotopic (exact) mass is 405 g/mol. The van der Waals surface area contributed by atoms with Crippen molar-refractivity contribution < 1.29 is 18.0 Å². The number of hydrogen-bond acceptors (Lipinski definition) is 3. The molecule has 4 aromatic rings. The van der Waals surface area contributed by atoms with E-state index in [-0.39, 0.29) is 18.0 Å². The number of alkyl halides is 3. The van der Waals surface area contributed by atoms with E-state index in [1.807, 2.05) is 30.3 Å². The fraction of sp³-hybridized carbons (Fsp3) is 0.0870. The number of carbonyl (C=O) groups is 1. The first-order valence-electron chi connectivity index (χ1n) is 9.24. The minimum atomic E-state index is -4.49. The zero-order chi connectivity index (χ0) is 20.9. The van der Waals surface area contributed by atoms with Crippen LogP contribution in [0.5, 0.6) is 0 Å². The average Bonchev–Trinajstić information content (AvgIpc) is 3.10. The molecule has 0 radical (unpaired) electrons. The van der Waals surface area contributed by atoms with E-state index in [1.54, 1.807) is 18.6 Å². The zero-order valence-corrected chi connectivity index (χ0v) is 15.5. The van der Waals surface area contributed by atoms with Crippen molar-refractivity contribution in [3.63, 3.8) is 0 Å². The summed E-state index contributed by atoms with van der Waals surface area (Å²) in [5, 5.41) is 0.713. The molecule has 1 amide bonds. The third-order valence-corrected chi connectivity index (χ3v) is 5.18. The highest BCUT2D eigenvalue weighted by atomic mass is 19.4. The highest BCUT2D eigenvalue weighted by molar-refractivity contribution is 6.14. The molecule has 0 atom stereocenters. The van der Waals surface area contributed by atoms with Gasteiger partial charge in [-0.2, -0.15) is 13.2 Å². The molecule has 2 aromatic carbocycles. The van der Waals surface area contributed by atoms with Crippen LogP contribution in [-0.2, 0) is 17.4 Å². The molecular formula is C23H14F3N3O. The molecule has 0 saturated heterocycles. The molecule has 4 nitrogen and oxygen atoms in total. The molecule has 1 aliphatic rings. The number of benzene rings is 2. The number of anilines is 2. The van der Waals surface area contributed by atoms with E-state index in [0.717, 1.165) is 23.3 Å².